The molecule has 0 aliphatic carbocycles. The third kappa shape index (κ3) is 8.47. The molecule has 0 aromatic heterocycles. The molecule has 0 fully saturated rings. The van der Waals surface area contributed by atoms with Crippen LogP contribution in [-0.4, -0.2) is 40.9 Å². The lowest BCUT2D eigenvalue weighted by molar-refractivity contribution is -0.135. The largest absolute Gasteiger partial charge is 0.519 e. The van der Waals surface area contributed by atoms with Crippen LogP contribution >= 0.6 is 0 Å². The first-order valence-corrected chi connectivity index (χ1v) is 15.9. The van der Waals surface area contributed by atoms with Crippen molar-refractivity contribution in [3.8, 4) is 0 Å². The number of hydrogen-bond donors (Lipinski definition) is 0. The van der Waals surface area contributed by atoms with Crippen LogP contribution in [0.3, 0.4) is 0 Å². The predicted molar refractivity (Wildman–Crippen MR) is 119 cm³/mol. The summed E-state index contributed by atoms with van der Waals surface area (Å²) in [6.45, 7) is 22.8. The van der Waals surface area contributed by atoms with Gasteiger partial charge in [0.2, 0.25) is 0 Å². The summed E-state index contributed by atoms with van der Waals surface area (Å²) < 4.78 is 11.6. The van der Waals surface area contributed by atoms with Crippen molar-refractivity contribution >= 4 is 34.3 Å². The van der Waals surface area contributed by atoms with Gasteiger partial charge in [-0.25, -0.2) is 4.79 Å². The molecule has 0 aliphatic heterocycles. The number of oxime groups is 1. The van der Waals surface area contributed by atoms with Gasteiger partial charge < -0.3 is 13.7 Å². The first kappa shape index (κ1) is 26.8. The molecule has 0 saturated carbocycles. The van der Waals surface area contributed by atoms with Gasteiger partial charge in [0.15, 0.2) is 5.71 Å². The van der Waals surface area contributed by atoms with Crippen LogP contribution in [0.5, 0.6) is 0 Å². The van der Waals surface area contributed by atoms with Gasteiger partial charge in [0, 0.05) is 12.8 Å². The fraction of sp³-hybridized carbons (Fsp3) is 0.850. The average molecular weight is 432 g/mol. The van der Waals surface area contributed by atoms with Crippen molar-refractivity contribution in [1.82, 2.24) is 0 Å². The van der Waals surface area contributed by atoms with Gasteiger partial charge in [-0.2, -0.15) is 0 Å². The summed E-state index contributed by atoms with van der Waals surface area (Å²) in [4.78, 5) is 30.0. The van der Waals surface area contributed by atoms with E-state index in [2.05, 4.69) is 46.7 Å². The van der Waals surface area contributed by atoms with Crippen LogP contribution in [0.1, 0.15) is 67.7 Å². The molecule has 0 heterocycles. The van der Waals surface area contributed by atoms with Crippen molar-refractivity contribution in [1.29, 1.82) is 0 Å². The fourth-order valence-corrected chi connectivity index (χ4v) is 3.52. The lowest BCUT2D eigenvalue weighted by Gasteiger charge is -2.35. The fourth-order valence-electron chi connectivity index (χ4n) is 1.66. The molecule has 0 saturated heterocycles. The minimum Gasteiger partial charge on any atom is -0.519 e. The second-order valence-corrected chi connectivity index (χ2v) is 19.6. The molecular weight excluding hydrogens is 390 g/mol. The van der Waals surface area contributed by atoms with Gasteiger partial charge in [0.25, 0.3) is 22.6 Å². The van der Waals surface area contributed by atoms with Gasteiger partial charge in [-0.15, -0.1) is 0 Å². The van der Waals surface area contributed by atoms with Crippen LogP contribution in [-0.2, 0) is 23.3 Å². The van der Waals surface area contributed by atoms with Crippen LogP contribution in [0.15, 0.2) is 5.16 Å². The van der Waals surface area contributed by atoms with Gasteiger partial charge in [0.1, 0.15) is 6.61 Å². The van der Waals surface area contributed by atoms with Crippen LogP contribution < -0.4 is 0 Å². The van der Waals surface area contributed by atoms with Crippen molar-refractivity contribution in [2.75, 3.05) is 6.61 Å². The Morgan fingerprint density at radius 2 is 1.29 bits per heavy atom. The van der Waals surface area contributed by atoms with Crippen LogP contribution in [0, 0.1) is 0 Å². The molecule has 8 heteroatoms. The quantitative estimate of drug-likeness (QED) is 0.268. The molecule has 0 radical (unpaired) electrons. The normalized spacial score (nSPS) is 13.9. The van der Waals surface area contributed by atoms with Crippen molar-refractivity contribution in [3.63, 3.8) is 0 Å². The summed E-state index contributed by atoms with van der Waals surface area (Å²) >= 11 is 0. The van der Waals surface area contributed by atoms with Gasteiger partial charge in [-0.05, 0) is 49.6 Å². The lowest BCUT2D eigenvalue weighted by atomic mass is 10.2. The molecule has 0 aromatic rings. The zero-order valence-corrected chi connectivity index (χ0v) is 21.8. The lowest BCUT2D eigenvalue weighted by Crippen LogP contribution is -2.44. The van der Waals surface area contributed by atoms with E-state index in [0.29, 0.717) is 19.4 Å². The Morgan fingerprint density at radius 1 is 0.821 bits per heavy atom. The monoisotopic (exact) mass is 431 g/mol. The molecule has 0 bridgehead atoms. The Morgan fingerprint density at radius 3 is 1.71 bits per heavy atom. The molecule has 0 N–H and O–H groups in total. The number of carbonyl (C=O) groups excluding carboxylic acids is 2. The summed E-state index contributed by atoms with van der Waals surface area (Å²) in [6, 6.07) is 0. The number of nitrogens with zero attached hydrogens (tertiary/aromatic N) is 1. The van der Waals surface area contributed by atoms with E-state index < -0.39 is 22.6 Å². The maximum absolute atomic E-state index is 12.6. The molecule has 0 aromatic carbocycles. The molecular formula is C20H41NO5Si2. The van der Waals surface area contributed by atoms with E-state index in [1.165, 1.54) is 0 Å². The first-order chi connectivity index (χ1) is 12.4. The zero-order valence-electron chi connectivity index (χ0n) is 19.8. The highest BCUT2D eigenvalue weighted by molar-refractivity contribution is 6.76. The molecule has 0 atom stereocenters. The summed E-state index contributed by atoms with van der Waals surface area (Å²) in [6.07, 6.45) is 1.02. The second kappa shape index (κ2) is 10.0. The Hall–Kier alpha value is -1.16. The van der Waals surface area contributed by atoms with Gasteiger partial charge in [0.05, 0.1) is 0 Å². The summed E-state index contributed by atoms with van der Waals surface area (Å²) in [5, 5.41) is 3.82. The molecule has 164 valence electrons. The van der Waals surface area contributed by atoms with Gasteiger partial charge in [-0.3, -0.25) is 4.79 Å². The van der Waals surface area contributed by atoms with Crippen LogP contribution in [0.2, 0.25) is 36.3 Å². The maximum Gasteiger partial charge on any atom is 0.342 e. The SMILES string of the molecule is CCO/N=C(/CCCC(=O)O[Si](C)(C)C(C)(C)C)C(=O)O[Si](C)(C)C(C)(C)C. The highest BCUT2D eigenvalue weighted by Gasteiger charge is 2.42. The van der Waals surface area contributed by atoms with Crippen LogP contribution in [0.25, 0.3) is 0 Å². The molecule has 28 heavy (non-hydrogen) atoms. The Bertz CT molecular complexity index is 572. The number of rotatable bonds is 9. The van der Waals surface area contributed by atoms with E-state index in [1.807, 2.05) is 26.2 Å². The maximum atomic E-state index is 12.6. The number of carbonyl (C=O) groups is 2. The van der Waals surface area contributed by atoms with E-state index in [0.717, 1.165) is 0 Å². The summed E-state index contributed by atoms with van der Waals surface area (Å²) in [7, 11) is -4.39. The Kier molecular flexibility index (Phi) is 9.63. The van der Waals surface area contributed by atoms with Crippen molar-refractivity contribution < 1.29 is 23.3 Å². The molecule has 0 spiro atoms. The summed E-state index contributed by atoms with van der Waals surface area (Å²) in [5.41, 5.74) is 0.229. The third-order valence-corrected chi connectivity index (χ3v) is 14.3. The van der Waals surface area contributed by atoms with Gasteiger partial charge >= 0.3 is 5.97 Å². The minimum atomic E-state index is -2.26. The standard InChI is InChI=1S/C20H41NO5Si2/c1-12-24-21-16(18(23)26-28(10,11)20(5,6)7)14-13-15-17(22)25-27(8,9)19(2,3)4/h12-15H2,1-11H3/b21-16-. The zero-order chi connectivity index (χ0) is 22.4. The molecule has 0 rings (SSSR count). The van der Waals surface area contributed by atoms with Crippen molar-refractivity contribution in [2.45, 2.75) is 104 Å². The molecule has 0 aliphatic rings. The predicted octanol–water partition coefficient (Wildman–Crippen LogP) is 5.65. The van der Waals surface area contributed by atoms with Gasteiger partial charge in [-0.1, -0.05) is 46.7 Å². The third-order valence-electron chi connectivity index (χ3n) is 5.66. The van der Waals surface area contributed by atoms with E-state index >= 15 is 0 Å². The van der Waals surface area contributed by atoms with E-state index in [1.54, 1.807) is 6.92 Å². The van der Waals surface area contributed by atoms with Crippen molar-refractivity contribution in [3.05, 3.63) is 0 Å². The number of hydrogen-bond acceptors (Lipinski definition) is 6. The van der Waals surface area contributed by atoms with E-state index in [4.69, 9.17) is 13.7 Å². The topological polar surface area (TPSA) is 74.2 Å². The molecule has 6 nitrogen and oxygen atoms in total. The van der Waals surface area contributed by atoms with Crippen LogP contribution in [0.4, 0.5) is 0 Å². The highest BCUT2D eigenvalue weighted by Crippen LogP contribution is 2.37. The Labute approximate surface area is 173 Å². The second-order valence-electron chi connectivity index (χ2n) is 10.2. The minimum absolute atomic E-state index is 0.0305. The summed E-state index contributed by atoms with van der Waals surface area (Å²) in [5.74, 6) is -0.669. The smallest absolute Gasteiger partial charge is 0.342 e. The highest BCUT2D eigenvalue weighted by atomic mass is 28.4. The molecule has 0 amide bonds. The van der Waals surface area contributed by atoms with Crippen molar-refractivity contribution in [2.24, 2.45) is 5.16 Å². The molecule has 0 unspecified atom stereocenters. The van der Waals surface area contributed by atoms with E-state index in [9.17, 15) is 9.59 Å². The first-order valence-electron chi connectivity index (χ1n) is 10.1. The van der Waals surface area contributed by atoms with E-state index in [-0.39, 0.29) is 28.2 Å². The Balaban J connectivity index is 4.93. The average Bonchev–Trinajstić information content (AvgIpc) is 2.47.